The van der Waals surface area contributed by atoms with Crippen molar-refractivity contribution in [1.29, 1.82) is 0 Å². The molecule has 4 aromatic carbocycles. The van der Waals surface area contributed by atoms with Crippen LogP contribution >= 0.6 is 0 Å². The van der Waals surface area contributed by atoms with Crippen molar-refractivity contribution in [1.82, 2.24) is 39.9 Å². The van der Waals surface area contributed by atoms with Crippen molar-refractivity contribution in [3.8, 4) is 0 Å². The van der Waals surface area contributed by atoms with E-state index in [4.69, 9.17) is 19.9 Å². The number of aromatic nitrogens is 8. The third kappa shape index (κ3) is 4.80. The Morgan fingerprint density at radius 2 is 0.729 bits per heavy atom. The summed E-state index contributed by atoms with van der Waals surface area (Å²) >= 11 is 0. The van der Waals surface area contributed by atoms with Crippen molar-refractivity contribution >= 4 is 67.0 Å². The van der Waals surface area contributed by atoms with E-state index in [0.29, 0.717) is 23.3 Å². The molecule has 0 radical (unpaired) electrons. The monoisotopic (exact) mass is 628 g/mol. The molecule has 0 fully saturated rings. The lowest BCUT2D eigenvalue weighted by Gasteiger charge is -2.29. The highest BCUT2D eigenvalue weighted by Crippen LogP contribution is 2.49. The number of nitrogens with zero attached hydrogens (tertiary/aromatic N) is 10. The van der Waals surface area contributed by atoms with Gasteiger partial charge in [0.2, 0.25) is 0 Å². The van der Waals surface area contributed by atoms with Crippen LogP contribution in [-0.4, -0.2) is 39.9 Å². The van der Waals surface area contributed by atoms with Crippen LogP contribution in [0, 0.1) is 0 Å². The van der Waals surface area contributed by atoms with Gasteiger partial charge in [0.15, 0.2) is 23.3 Å². The van der Waals surface area contributed by atoms with E-state index in [-0.39, 0.29) is 11.8 Å². The summed E-state index contributed by atoms with van der Waals surface area (Å²) in [5.41, 5.74) is 4.36. The van der Waals surface area contributed by atoms with Crippen LogP contribution in [0.15, 0.2) is 111 Å². The molecular formula is C38H32N10. The molecule has 0 saturated heterocycles. The van der Waals surface area contributed by atoms with Crippen LogP contribution in [0.5, 0.6) is 0 Å². The molecule has 234 valence electrons. The van der Waals surface area contributed by atoms with Crippen molar-refractivity contribution in [3.05, 3.63) is 122 Å². The highest BCUT2D eigenvalue weighted by molar-refractivity contribution is 6.29. The maximum absolute atomic E-state index is 4.72. The summed E-state index contributed by atoms with van der Waals surface area (Å²) in [6.07, 6.45) is 20.6. The van der Waals surface area contributed by atoms with E-state index in [1.54, 1.807) is 74.4 Å². The van der Waals surface area contributed by atoms with E-state index in [0.717, 1.165) is 22.1 Å². The average molecular weight is 629 g/mol. The van der Waals surface area contributed by atoms with Gasteiger partial charge in [-0.2, -0.15) is 0 Å². The molecule has 4 aromatic heterocycles. The SMILES string of the molecule is CC(C)c1cc(N(c2cnccn2)c2cnccn2)c2ccc3c(C(C)C)cc(N(c4cnccn4)c4cnccn4)c4ccc1c2c34. The fourth-order valence-corrected chi connectivity index (χ4v) is 6.69. The van der Waals surface area contributed by atoms with Crippen LogP contribution in [0.25, 0.3) is 32.3 Å². The topological polar surface area (TPSA) is 110 Å². The second-order valence-electron chi connectivity index (χ2n) is 12.3. The van der Waals surface area contributed by atoms with Crippen molar-refractivity contribution in [3.63, 3.8) is 0 Å². The first-order valence-corrected chi connectivity index (χ1v) is 15.9. The number of benzene rings is 4. The van der Waals surface area contributed by atoms with Gasteiger partial charge in [-0.1, -0.05) is 52.0 Å². The second-order valence-corrected chi connectivity index (χ2v) is 12.3. The lowest BCUT2D eigenvalue weighted by molar-refractivity contribution is 0.875. The Bertz CT molecular complexity index is 2100. The summed E-state index contributed by atoms with van der Waals surface area (Å²) in [4.78, 5) is 40.6. The molecule has 10 heteroatoms. The van der Waals surface area contributed by atoms with E-state index in [1.165, 1.54) is 32.7 Å². The van der Waals surface area contributed by atoms with Gasteiger partial charge in [-0.3, -0.25) is 29.7 Å². The fourth-order valence-electron chi connectivity index (χ4n) is 6.69. The van der Waals surface area contributed by atoms with Gasteiger partial charge in [0.1, 0.15) is 0 Å². The predicted molar refractivity (Wildman–Crippen MR) is 190 cm³/mol. The molecule has 0 aliphatic rings. The summed E-state index contributed by atoms with van der Waals surface area (Å²) in [5.74, 6) is 3.09. The molecule has 0 unspecified atom stereocenters. The quantitative estimate of drug-likeness (QED) is 0.151. The summed E-state index contributed by atoms with van der Waals surface area (Å²) in [5, 5.41) is 6.90. The number of hydrogen-bond donors (Lipinski definition) is 0. The first-order valence-electron chi connectivity index (χ1n) is 15.9. The number of rotatable bonds is 8. The van der Waals surface area contributed by atoms with Crippen molar-refractivity contribution in [2.45, 2.75) is 39.5 Å². The van der Waals surface area contributed by atoms with Crippen LogP contribution in [-0.2, 0) is 0 Å². The molecule has 8 rings (SSSR count). The Morgan fingerprint density at radius 3 is 1.00 bits per heavy atom. The van der Waals surface area contributed by atoms with Crippen molar-refractivity contribution in [2.75, 3.05) is 9.80 Å². The van der Waals surface area contributed by atoms with Crippen LogP contribution in [0.3, 0.4) is 0 Å². The Balaban J connectivity index is 1.53. The fraction of sp³-hybridized carbons (Fsp3) is 0.158. The molecule has 4 heterocycles. The highest BCUT2D eigenvalue weighted by Gasteiger charge is 2.27. The van der Waals surface area contributed by atoms with E-state index in [2.05, 4.69) is 84.0 Å². The van der Waals surface area contributed by atoms with Gasteiger partial charge >= 0.3 is 0 Å². The van der Waals surface area contributed by atoms with Gasteiger partial charge in [-0.25, -0.2) is 19.9 Å². The van der Waals surface area contributed by atoms with Crippen molar-refractivity contribution in [2.24, 2.45) is 0 Å². The van der Waals surface area contributed by atoms with Gasteiger partial charge < -0.3 is 0 Å². The van der Waals surface area contributed by atoms with Gasteiger partial charge in [0, 0.05) is 60.3 Å². The second kappa shape index (κ2) is 11.9. The van der Waals surface area contributed by atoms with Gasteiger partial charge in [-0.15, -0.1) is 0 Å². The number of hydrogen-bond acceptors (Lipinski definition) is 10. The van der Waals surface area contributed by atoms with E-state index >= 15 is 0 Å². The zero-order chi connectivity index (χ0) is 32.8. The third-order valence-corrected chi connectivity index (χ3v) is 8.76. The van der Waals surface area contributed by atoms with Crippen LogP contribution in [0.1, 0.15) is 50.7 Å². The van der Waals surface area contributed by atoms with Gasteiger partial charge in [-0.05, 0) is 56.6 Å². The highest BCUT2D eigenvalue weighted by atomic mass is 15.3. The molecular weight excluding hydrogens is 596 g/mol. The Morgan fingerprint density at radius 1 is 0.417 bits per heavy atom. The lowest BCUT2D eigenvalue weighted by Crippen LogP contribution is -2.15. The molecule has 0 amide bonds. The Hall–Kier alpha value is -6.16. The molecule has 0 spiro atoms. The Kier molecular flexibility index (Phi) is 7.25. The normalized spacial score (nSPS) is 11.7. The molecule has 10 nitrogen and oxygen atoms in total. The number of anilines is 6. The van der Waals surface area contributed by atoms with Crippen LogP contribution < -0.4 is 9.80 Å². The molecule has 8 aromatic rings. The summed E-state index contributed by atoms with van der Waals surface area (Å²) in [6, 6.07) is 13.5. The largest absolute Gasteiger partial charge is 0.276 e. The molecule has 0 aliphatic carbocycles. The third-order valence-electron chi connectivity index (χ3n) is 8.76. The van der Waals surface area contributed by atoms with Gasteiger partial charge in [0.25, 0.3) is 0 Å². The molecule has 0 atom stereocenters. The standard InChI is InChI=1S/C38H32N10/c1-23(2)29-17-31(47(33-19-39-9-13-43-33)34-20-40-10-14-44-34)27-8-6-26-30(24(3)4)18-32(28-7-5-25(29)37(27)38(26)28)48(35-21-41-11-15-45-35)36-22-42-12-16-46-36/h5-24H,1-4H3. The first-order chi connectivity index (χ1) is 23.5. The van der Waals surface area contributed by atoms with E-state index < -0.39 is 0 Å². The first kappa shape index (κ1) is 29.3. The molecule has 0 N–H and O–H groups in total. The van der Waals surface area contributed by atoms with Gasteiger partial charge in [0.05, 0.1) is 36.2 Å². The van der Waals surface area contributed by atoms with E-state index in [1.807, 2.05) is 9.80 Å². The average Bonchev–Trinajstić information content (AvgIpc) is 3.13. The minimum atomic E-state index is 0.235. The van der Waals surface area contributed by atoms with Crippen molar-refractivity contribution < 1.29 is 0 Å². The zero-order valence-corrected chi connectivity index (χ0v) is 27.0. The maximum Gasteiger partial charge on any atom is 0.157 e. The Labute approximate surface area is 277 Å². The minimum Gasteiger partial charge on any atom is -0.276 e. The van der Waals surface area contributed by atoms with Crippen LogP contribution in [0.2, 0.25) is 0 Å². The van der Waals surface area contributed by atoms with Crippen LogP contribution in [0.4, 0.5) is 34.6 Å². The summed E-state index contributed by atoms with van der Waals surface area (Å²) in [7, 11) is 0. The minimum absolute atomic E-state index is 0.235. The smallest absolute Gasteiger partial charge is 0.157 e. The molecule has 0 bridgehead atoms. The molecule has 48 heavy (non-hydrogen) atoms. The van der Waals surface area contributed by atoms with E-state index in [9.17, 15) is 0 Å². The predicted octanol–water partition coefficient (Wildman–Crippen LogP) is 8.93. The summed E-state index contributed by atoms with van der Waals surface area (Å²) < 4.78 is 0. The maximum atomic E-state index is 4.72. The zero-order valence-electron chi connectivity index (χ0n) is 27.0. The molecule has 0 saturated carbocycles. The summed E-state index contributed by atoms with van der Waals surface area (Å²) in [6.45, 7) is 8.94. The lowest BCUT2D eigenvalue weighted by atomic mass is 9.84. The molecule has 0 aliphatic heterocycles.